The monoisotopic (exact) mass is 350 g/mol. The van der Waals surface area contributed by atoms with Crippen LogP contribution in [-0.2, 0) is 4.79 Å². The molecule has 0 bridgehead atoms. The fourth-order valence-corrected chi connectivity index (χ4v) is 2.91. The Morgan fingerprint density at radius 2 is 2.17 bits per heavy atom. The highest BCUT2D eigenvalue weighted by molar-refractivity contribution is 7.15. The van der Waals surface area contributed by atoms with E-state index in [0.29, 0.717) is 30.4 Å². The number of nitrogens with one attached hydrogen (secondary N) is 1. The second kappa shape index (κ2) is 6.97. The molecule has 120 valence electrons. The maximum absolute atomic E-state index is 11.9. The van der Waals surface area contributed by atoms with Gasteiger partial charge < -0.3 is 4.74 Å². The number of carbonyl (C=O) groups is 1. The molecule has 0 fully saturated rings. The molecular formula is C15H15ClN4O2S. The fourth-order valence-electron chi connectivity index (χ4n) is 1.99. The standard InChI is InChI=1S/C15H15ClN4O2S/c1-10-9-23-15-18-14(19-20(10)15)17-13(21)3-2-8-22-12-6-4-11(16)5-7-12/h4-7,9H,2-3,8H2,1H3,(H,17,19,21). The average molecular weight is 351 g/mol. The number of aromatic nitrogens is 3. The number of halogens is 1. The lowest BCUT2D eigenvalue weighted by molar-refractivity contribution is -0.116. The van der Waals surface area contributed by atoms with Crippen molar-refractivity contribution in [2.24, 2.45) is 0 Å². The topological polar surface area (TPSA) is 68.5 Å². The number of thiazole rings is 1. The van der Waals surface area contributed by atoms with E-state index in [2.05, 4.69) is 15.4 Å². The molecule has 0 radical (unpaired) electrons. The van der Waals surface area contributed by atoms with Crippen molar-refractivity contribution >= 4 is 39.8 Å². The van der Waals surface area contributed by atoms with Crippen LogP contribution in [-0.4, -0.2) is 27.1 Å². The second-order valence-corrected chi connectivity index (χ2v) is 6.23. The molecule has 0 saturated heterocycles. The van der Waals surface area contributed by atoms with Crippen LogP contribution >= 0.6 is 22.9 Å². The quantitative estimate of drug-likeness (QED) is 0.690. The summed E-state index contributed by atoms with van der Waals surface area (Å²) in [6.45, 7) is 2.40. The molecule has 0 spiro atoms. The first-order chi connectivity index (χ1) is 11.1. The molecule has 0 aliphatic carbocycles. The highest BCUT2D eigenvalue weighted by Gasteiger charge is 2.10. The first kappa shape index (κ1) is 15.8. The third-order valence-corrected chi connectivity index (χ3v) is 4.31. The largest absolute Gasteiger partial charge is 0.494 e. The summed E-state index contributed by atoms with van der Waals surface area (Å²) in [6.07, 6.45) is 0.954. The van der Waals surface area contributed by atoms with Crippen molar-refractivity contribution in [2.75, 3.05) is 11.9 Å². The second-order valence-electron chi connectivity index (χ2n) is 4.96. The lowest BCUT2D eigenvalue weighted by atomic mass is 10.3. The number of hydrogen-bond acceptors (Lipinski definition) is 5. The molecule has 0 unspecified atom stereocenters. The van der Waals surface area contributed by atoms with E-state index < -0.39 is 0 Å². The van der Waals surface area contributed by atoms with E-state index in [-0.39, 0.29) is 5.91 Å². The molecule has 0 saturated carbocycles. The summed E-state index contributed by atoms with van der Waals surface area (Å²) in [5.41, 5.74) is 0.995. The Labute approximate surface area is 142 Å². The van der Waals surface area contributed by atoms with Gasteiger partial charge in [0.15, 0.2) is 0 Å². The van der Waals surface area contributed by atoms with Crippen LogP contribution < -0.4 is 10.1 Å². The molecule has 3 rings (SSSR count). The Hall–Kier alpha value is -2.12. The van der Waals surface area contributed by atoms with Crippen molar-refractivity contribution in [1.82, 2.24) is 14.6 Å². The number of nitrogens with zero attached hydrogens (tertiary/aromatic N) is 3. The Morgan fingerprint density at radius 3 is 2.91 bits per heavy atom. The first-order valence-electron chi connectivity index (χ1n) is 7.11. The van der Waals surface area contributed by atoms with Crippen molar-refractivity contribution in [3.63, 3.8) is 0 Å². The van der Waals surface area contributed by atoms with Gasteiger partial charge in [0.25, 0.3) is 0 Å². The van der Waals surface area contributed by atoms with E-state index in [1.54, 1.807) is 28.8 Å². The average Bonchev–Trinajstić information content (AvgIpc) is 3.07. The van der Waals surface area contributed by atoms with Crippen LogP contribution in [0, 0.1) is 6.92 Å². The summed E-state index contributed by atoms with van der Waals surface area (Å²) in [5, 5.41) is 9.57. The number of benzene rings is 1. The number of hydrogen-bond donors (Lipinski definition) is 1. The SMILES string of the molecule is Cc1csc2nc(NC(=O)CCCOc3ccc(Cl)cc3)nn12. The summed E-state index contributed by atoms with van der Waals surface area (Å²) in [6, 6.07) is 7.13. The minimum Gasteiger partial charge on any atom is -0.494 e. The Balaban J connectivity index is 1.43. The Kier molecular flexibility index (Phi) is 4.78. The van der Waals surface area contributed by atoms with E-state index in [1.807, 2.05) is 12.3 Å². The highest BCUT2D eigenvalue weighted by atomic mass is 35.5. The van der Waals surface area contributed by atoms with Gasteiger partial charge in [-0.1, -0.05) is 11.6 Å². The van der Waals surface area contributed by atoms with Crippen LogP contribution in [0.2, 0.25) is 5.02 Å². The molecule has 0 aliphatic rings. The molecule has 1 aromatic carbocycles. The summed E-state index contributed by atoms with van der Waals surface area (Å²) < 4.78 is 7.25. The predicted molar refractivity (Wildman–Crippen MR) is 90.4 cm³/mol. The van der Waals surface area contributed by atoms with Gasteiger partial charge in [-0.25, -0.2) is 4.52 Å². The van der Waals surface area contributed by atoms with Crippen LogP contribution in [0.4, 0.5) is 5.95 Å². The summed E-state index contributed by atoms with van der Waals surface area (Å²) in [4.78, 5) is 16.9. The third-order valence-electron chi connectivity index (χ3n) is 3.13. The van der Waals surface area contributed by atoms with Gasteiger partial charge in [-0.2, -0.15) is 4.98 Å². The number of amides is 1. The minimum absolute atomic E-state index is 0.124. The Bertz CT molecular complexity index is 813. The van der Waals surface area contributed by atoms with Crippen molar-refractivity contribution in [2.45, 2.75) is 19.8 Å². The maximum atomic E-state index is 11.9. The third kappa shape index (κ3) is 4.00. The van der Waals surface area contributed by atoms with Crippen LogP contribution in [0.3, 0.4) is 0 Å². The van der Waals surface area contributed by atoms with Gasteiger partial charge in [-0.15, -0.1) is 16.4 Å². The van der Waals surface area contributed by atoms with Crippen molar-refractivity contribution in [3.05, 3.63) is 40.4 Å². The number of anilines is 1. The zero-order valence-electron chi connectivity index (χ0n) is 12.5. The molecule has 2 heterocycles. The van der Waals surface area contributed by atoms with E-state index in [9.17, 15) is 4.79 Å². The molecule has 3 aromatic rings. The molecule has 0 atom stereocenters. The number of fused-ring (bicyclic) bond motifs is 1. The van der Waals surface area contributed by atoms with Crippen molar-refractivity contribution < 1.29 is 9.53 Å². The van der Waals surface area contributed by atoms with Crippen LogP contribution in [0.25, 0.3) is 4.96 Å². The fraction of sp³-hybridized carbons (Fsp3) is 0.267. The van der Waals surface area contributed by atoms with Gasteiger partial charge in [0.2, 0.25) is 16.8 Å². The van der Waals surface area contributed by atoms with E-state index in [4.69, 9.17) is 16.3 Å². The van der Waals surface area contributed by atoms with Crippen LogP contribution in [0.1, 0.15) is 18.5 Å². The summed E-state index contributed by atoms with van der Waals surface area (Å²) in [7, 11) is 0. The van der Waals surface area contributed by atoms with Crippen LogP contribution in [0.15, 0.2) is 29.6 Å². The number of aryl methyl sites for hydroxylation is 1. The molecule has 1 amide bonds. The number of carbonyl (C=O) groups excluding carboxylic acids is 1. The maximum Gasteiger partial charge on any atom is 0.250 e. The van der Waals surface area contributed by atoms with Gasteiger partial charge in [-0.05, 0) is 37.6 Å². The van der Waals surface area contributed by atoms with E-state index >= 15 is 0 Å². The van der Waals surface area contributed by atoms with Gasteiger partial charge in [0.05, 0.1) is 12.3 Å². The first-order valence-corrected chi connectivity index (χ1v) is 8.36. The minimum atomic E-state index is -0.124. The zero-order valence-corrected chi connectivity index (χ0v) is 14.0. The highest BCUT2D eigenvalue weighted by Crippen LogP contribution is 2.16. The molecular weight excluding hydrogens is 336 g/mol. The van der Waals surface area contributed by atoms with Gasteiger partial charge in [0.1, 0.15) is 5.75 Å². The van der Waals surface area contributed by atoms with Crippen molar-refractivity contribution in [3.8, 4) is 5.75 Å². The molecule has 0 aliphatic heterocycles. The number of rotatable bonds is 6. The summed E-state index contributed by atoms with van der Waals surface area (Å²) in [5.74, 6) is 0.950. The molecule has 23 heavy (non-hydrogen) atoms. The lowest BCUT2D eigenvalue weighted by Crippen LogP contribution is -2.14. The van der Waals surface area contributed by atoms with Gasteiger partial charge in [-0.3, -0.25) is 10.1 Å². The van der Waals surface area contributed by atoms with E-state index in [0.717, 1.165) is 16.4 Å². The van der Waals surface area contributed by atoms with Crippen molar-refractivity contribution in [1.29, 1.82) is 0 Å². The predicted octanol–water partition coefficient (Wildman–Crippen LogP) is 3.55. The van der Waals surface area contributed by atoms with Crippen LogP contribution in [0.5, 0.6) is 5.75 Å². The normalized spacial score (nSPS) is 10.9. The summed E-state index contributed by atoms with van der Waals surface area (Å²) >= 11 is 7.29. The molecule has 2 aromatic heterocycles. The molecule has 8 heteroatoms. The lowest BCUT2D eigenvalue weighted by Gasteiger charge is -2.05. The van der Waals surface area contributed by atoms with E-state index in [1.165, 1.54) is 11.3 Å². The van der Waals surface area contributed by atoms with Gasteiger partial charge >= 0.3 is 0 Å². The number of ether oxygens (including phenoxy) is 1. The smallest absolute Gasteiger partial charge is 0.250 e. The van der Waals surface area contributed by atoms with Gasteiger partial charge in [0, 0.05) is 16.8 Å². The molecule has 6 nitrogen and oxygen atoms in total. The molecule has 1 N–H and O–H groups in total. The zero-order chi connectivity index (χ0) is 16.2. The Morgan fingerprint density at radius 1 is 1.39 bits per heavy atom.